The van der Waals surface area contributed by atoms with Gasteiger partial charge in [-0.05, 0) is 46.5 Å². The molecular formula is C14H26N2. The van der Waals surface area contributed by atoms with E-state index in [4.69, 9.17) is 0 Å². The summed E-state index contributed by atoms with van der Waals surface area (Å²) in [5.41, 5.74) is 1.71. The molecule has 2 rings (SSSR count). The minimum absolute atomic E-state index is 0.279. The molecule has 0 amide bonds. The molecule has 0 spiro atoms. The molecule has 92 valence electrons. The van der Waals surface area contributed by atoms with Crippen LogP contribution in [0, 0.1) is 5.92 Å². The normalized spacial score (nSPS) is 30.1. The molecule has 1 saturated heterocycles. The lowest BCUT2D eigenvalue weighted by atomic mass is 9.96. The van der Waals surface area contributed by atoms with Gasteiger partial charge in [0.25, 0.3) is 0 Å². The van der Waals surface area contributed by atoms with Crippen LogP contribution >= 0.6 is 0 Å². The van der Waals surface area contributed by atoms with E-state index in [1.54, 1.807) is 0 Å². The van der Waals surface area contributed by atoms with Gasteiger partial charge >= 0.3 is 0 Å². The molecular weight excluding hydrogens is 196 g/mol. The van der Waals surface area contributed by atoms with Gasteiger partial charge < -0.3 is 5.32 Å². The number of nitrogens with zero attached hydrogens (tertiary/aromatic N) is 1. The van der Waals surface area contributed by atoms with Crippen molar-refractivity contribution < 1.29 is 0 Å². The highest BCUT2D eigenvalue weighted by molar-refractivity contribution is 5.02. The van der Waals surface area contributed by atoms with Gasteiger partial charge in [-0.25, -0.2) is 0 Å². The largest absolute Gasteiger partial charge is 0.309 e. The first kappa shape index (κ1) is 12.1. The van der Waals surface area contributed by atoms with Crippen LogP contribution in [-0.4, -0.2) is 36.1 Å². The molecule has 1 heterocycles. The van der Waals surface area contributed by atoms with E-state index >= 15 is 0 Å². The second kappa shape index (κ2) is 4.50. The first-order valence-electron chi connectivity index (χ1n) is 6.60. The Morgan fingerprint density at radius 2 is 2.06 bits per heavy atom. The molecule has 1 aliphatic carbocycles. The zero-order valence-electron chi connectivity index (χ0n) is 11.2. The van der Waals surface area contributed by atoms with Crippen molar-refractivity contribution in [1.29, 1.82) is 0 Å². The highest BCUT2D eigenvalue weighted by Crippen LogP contribution is 2.37. The molecule has 1 aliphatic heterocycles. The predicted molar refractivity (Wildman–Crippen MR) is 69.6 cm³/mol. The quantitative estimate of drug-likeness (QED) is 0.738. The molecule has 2 heteroatoms. The van der Waals surface area contributed by atoms with Gasteiger partial charge in [0.05, 0.1) is 0 Å². The molecule has 0 aromatic rings. The fourth-order valence-electron chi connectivity index (χ4n) is 2.64. The average molecular weight is 222 g/mol. The molecule has 1 N–H and O–H groups in total. The van der Waals surface area contributed by atoms with Gasteiger partial charge in [-0.15, -0.1) is 0 Å². The molecule has 16 heavy (non-hydrogen) atoms. The summed E-state index contributed by atoms with van der Waals surface area (Å²) in [6, 6.07) is 0.781. The fraction of sp³-hybridized carbons (Fsp3) is 0.857. The van der Waals surface area contributed by atoms with Crippen molar-refractivity contribution in [1.82, 2.24) is 10.2 Å². The minimum Gasteiger partial charge on any atom is -0.309 e. The van der Waals surface area contributed by atoms with E-state index in [0.29, 0.717) is 0 Å². The molecule has 1 unspecified atom stereocenters. The van der Waals surface area contributed by atoms with E-state index in [1.165, 1.54) is 31.5 Å². The summed E-state index contributed by atoms with van der Waals surface area (Å²) >= 11 is 0. The van der Waals surface area contributed by atoms with Gasteiger partial charge in [0.2, 0.25) is 0 Å². The van der Waals surface area contributed by atoms with E-state index in [1.807, 2.05) is 0 Å². The first-order valence-corrected chi connectivity index (χ1v) is 6.60. The number of hydrogen-bond acceptors (Lipinski definition) is 2. The first-order chi connectivity index (χ1) is 7.48. The maximum Gasteiger partial charge on any atom is 0.0253 e. The van der Waals surface area contributed by atoms with Crippen LogP contribution in [0.1, 0.15) is 40.5 Å². The Morgan fingerprint density at radius 1 is 1.38 bits per heavy atom. The van der Waals surface area contributed by atoms with E-state index < -0.39 is 0 Å². The van der Waals surface area contributed by atoms with Crippen LogP contribution in [0.3, 0.4) is 0 Å². The Labute approximate surface area is 100 Å². The lowest BCUT2D eigenvalue weighted by molar-refractivity contribution is 0.0944. The SMILES string of the molecule is CC(C)=CCN1CC(C)(C)NCC1C1CC1. The molecule has 0 aromatic heterocycles. The Hall–Kier alpha value is -0.340. The predicted octanol–water partition coefficient (Wildman–Crippen LogP) is 2.42. The van der Waals surface area contributed by atoms with Gasteiger partial charge in [-0.1, -0.05) is 11.6 Å². The van der Waals surface area contributed by atoms with E-state index in [9.17, 15) is 0 Å². The van der Waals surface area contributed by atoms with Crippen molar-refractivity contribution in [2.24, 2.45) is 5.92 Å². The Balaban J connectivity index is 1.99. The zero-order valence-corrected chi connectivity index (χ0v) is 11.2. The smallest absolute Gasteiger partial charge is 0.0253 e. The van der Waals surface area contributed by atoms with Crippen LogP contribution in [-0.2, 0) is 0 Å². The molecule has 1 atom stereocenters. The maximum atomic E-state index is 3.69. The van der Waals surface area contributed by atoms with Gasteiger partial charge in [0.1, 0.15) is 0 Å². The number of hydrogen-bond donors (Lipinski definition) is 1. The van der Waals surface area contributed by atoms with Crippen LogP contribution in [0.2, 0.25) is 0 Å². The van der Waals surface area contributed by atoms with Crippen molar-refractivity contribution in [3.8, 4) is 0 Å². The molecule has 0 bridgehead atoms. The van der Waals surface area contributed by atoms with Crippen molar-refractivity contribution in [3.63, 3.8) is 0 Å². The van der Waals surface area contributed by atoms with E-state index in [0.717, 1.165) is 18.5 Å². The van der Waals surface area contributed by atoms with E-state index in [-0.39, 0.29) is 5.54 Å². The number of nitrogens with one attached hydrogen (secondary N) is 1. The van der Waals surface area contributed by atoms with Gasteiger partial charge in [0.15, 0.2) is 0 Å². The second-order valence-corrected chi connectivity index (χ2v) is 6.38. The van der Waals surface area contributed by atoms with Crippen molar-refractivity contribution in [3.05, 3.63) is 11.6 Å². The van der Waals surface area contributed by atoms with Gasteiger partial charge in [-0.2, -0.15) is 0 Å². The van der Waals surface area contributed by atoms with Crippen LogP contribution < -0.4 is 5.32 Å². The third-order valence-electron chi connectivity index (χ3n) is 3.76. The topological polar surface area (TPSA) is 15.3 Å². The van der Waals surface area contributed by atoms with Crippen LogP contribution in [0.4, 0.5) is 0 Å². The monoisotopic (exact) mass is 222 g/mol. The lowest BCUT2D eigenvalue weighted by Crippen LogP contribution is -2.62. The molecule has 2 aliphatic rings. The number of rotatable bonds is 3. The average Bonchev–Trinajstić information content (AvgIpc) is 2.97. The molecule has 0 radical (unpaired) electrons. The third-order valence-corrected chi connectivity index (χ3v) is 3.76. The summed E-state index contributed by atoms with van der Waals surface area (Å²) in [4.78, 5) is 2.68. The molecule has 0 aromatic carbocycles. The lowest BCUT2D eigenvalue weighted by Gasteiger charge is -2.44. The number of piperazine rings is 1. The molecule has 1 saturated carbocycles. The van der Waals surface area contributed by atoms with Crippen LogP contribution in [0.15, 0.2) is 11.6 Å². The molecule has 2 fully saturated rings. The Morgan fingerprint density at radius 3 is 2.62 bits per heavy atom. The standard InChI is InChI=1S/C14H26N2/c1-11(2)7-8-16-10-14(3,4)15-9-13(16)12-5-6-12/h7,12-13,15H,5-6,8-10H2,1-4H3. The van der Waals surface area contributed by atoms with E-state index in [2.05, 4.69) is 44.0 Å². The minimum atomic E-state index is 0.279. The zero-order chi connectivity index (χ0) is 11.8. The van der Waals surface area contributed by atoms with Crippen molar-refractivity contribution in [2.75, 3.05) is 19.6 Å². The van der Waals surface area contributed by atoms with Crippen molar-refractivity contribution >= 4 is 0 Å². The summed E-state index contributed by atoms with van der Waals surface area (Å²) < 4.78 is 0. The number of allylic oxidation sites excluding steroid dienone is 1. The summed E-state index contributed by atoms with van der Waals surface area (Å²) in [5, 5.41) is 3.69. The third kappa shape index (κ3) is 3.08. The summed E-state index contributed by atoms with van der Waals surface area (Å²) in [6.45, 7) is 12.5. The second-order valence-electron chi connectivity index (χ2n) is 6.38. The van der Waals surface area contributed by atoms with Crippen LogP contribution in [0.25, 0.3) is 0 Å². The highest BCUT2D eigenvalue weighted by Gasteiger charge is 2.40. The van der Waals surface area contributed by atoms with Gasteiger partial charge in [-0.3, -0.25) is 4.90 Å². The molecule has 2 nitrogen and oxygen atoms in total. The van der Waals surface area contributed by atoms with Crippen LogP contribution in [0.5, 0.6) is 0 Å². The van der Waals surface area contributed by atoms with Crippen molar-refractivity contribution in [2.45, 2.75) is 52.1 Å². The summed E-state index contributed by atoms with van der Waals surface area (Å²) in [7, 11) is 0. The van der Waals surface area contributed by atoms with Gasteiger partial charge in [0, 0.05) is 31.2 Å². The summed E-state index contributed by atoms with van der Waals surface area (Å²) in [5.74, 6) is 0.967. The summed E-state index contributed by atoms with van der Waals surface area (Å²) in [6.07, 6.45) is 5.26. The Kier molecular flexibility index (Phi) is 3.41. The Bertz CT molecular complexity index is 272. The maximum absolute atomic E-state index is 3.69. The highest BCUT2D eigenvalue weighted by atomic mass is 15.3. The fourth-order valence-corrected chi connectivity index (χ4v) is 2.64.